The van der Waals surface area contributed by atoms with Crippen molar-refractivity contribution in [1.29, 1.82) is 0 Å². The molecule has 0 spiro atoms. The fraction of sp³-hybridized carbons (Fsp3) is 0.684. The van der Waals surface area contributed by atoms with E-state index in [9.17, 15) is 0 Å². The van der Waals surface area contributed by atoms with Gasteiger partial charge in [-0.15, -0.1) is 0 Å². The second-order valence-corrected chi connectivity index (χ2v) is 7.76. The van der Waals surface area contributed by atoms with E-state index in [1.807, 2.05) is 7.05 Å². The lowest BCUT2D eigenvalue weighted by molar-refractivity contribution is -0.0550. The first-order valence-corrected chi connectivity index (χ1v) is 8.31. The minimum absolute atomic E-state index is 0.361. The van der Waals surface area contributed by atoms with Crippen LogP contribution in [0.1, 0.15) is 51.2 Å². The molecule has 1 N–H and O–H groups in total. The normalized spacial score (nSPS) is 33.5. The van der Waals surface area contributed by atoms with Gasteiger partial charge >= 0.3 is 0 Å². The van der Waals surface area contributed by atoms with Gasteiger partial charge in [-0.1, -0.05) is 45.0 Å². The molecule has 3 atom stereocenters. The minimum atomic E-state index is 0.361. The molecule has 0 aromatic heterocycles. The molecule has 3 rings (SSSR count). The van der Waals surface area contributed by atoms with Gasteiger partial charge in [0.05, 0.1) is 12.7 Å². The van der Waals surface area contributed by atoms with Crippen LogP contribution >= 0.6 is 0 Å². The van der Waals surface area contributed by atoms with Crippen LogP contribution in [-0.4, -0.2) is 13.2 Å². The topological polar surface area (TPSA) is 21.3 Å². The third kappa shape index (κ3) is 2.43. The van der Waals surface area contributed by atoms with Crippen LogP contribution in [0.25, 0.3) is 0 Å². The SMILES string of the molecule is CNCc1cccc(COC2CC3CCC2(C)C3(C)C)c1. The number of hydrogen-bond donors (Lipinski definition) is 1. The second kappa shape index (κ2) is 5.40. The highest BCUT2D eigenvalue weighted by Crippen LogP contribution is 2.66. The third-order valence-corrected chi connectivity index (χ3v) is 6.54. The van der Waals surface area contributed by atoms with E-state index in [4.69, 9.17) is 4.74 Å². The zero-order valence-corrected chi connectivity index (χ0v) is 13.9. The Balaban J connectivity index is 1.65. The molecule has 0 aliphatic heterocycles. The number of nitrogens with one attached hydrogen (secondary N) is 1. The fourth-order valence-corrected chi connectivity index (χ4v) is 4.61. The summed E-state index contributed by atoms with van der Waals surface area (Å²) in [7, 11) is 1.99. The Hall–Kier alpha value is -0.860. The van der Waals surface area contributed by atoms with Crippen molar-refractivity contribution in [2.75, 3.05) is 7.05 Å². The maximum atomic E-state index is 6.37. The van der Waals surface area contributed by atoms with Crippen molar-refractivity contribution >= 4 is 0 Å². The maximum Gasteiger partial charge on any atom is 0.0721 e. The highest BCUT2D eigenvalue weighted by atomic mass is 16.5. The first-order valence-electron chi connectivity index (χ1n) is 8.31. The van der Waals surface area contributed by atoms with Crippen LogP contribution in [0, 0.1) is 16.7 Å². The quantitative estimate of drug-likeness (QED) is 0.879. The van der Waals surface area contributed by atoms with Gasteiger partial charge in [-0.25, -0.2) is 0 Å². The van der Waals surface area contributed by atoms with Crippen molar-refractivity contribution in [1.82, 2.24) is 5.32 Å². The second-order valence-electron chi connectivity index (χ2n) is 7.76. The molecule has 2 aliphatic carbocycles. The van der Waals surface area contributed by atoms with E-state index >= 15 is 0 Å². The third-order valence-electron chi connectivity index (χ3n) is 6.54. The van der Waals surface area contributed by atoms with E-state index in [0.717, 1.165) is 19.1 Å². The van der Waals surface area contributed by atoms with Crippen molar-refractivity contribution in [2.24, 2.45) is 16.7 Å². The molecule has 2 nitrogen and oxygen atoms in total. The lowest BCUT2D eigenvalue weighted by Gasteiger charge is -2.39. The van der Waals surface area contributed by atoms with E-state index in [-0.39, 0.29) is 0 Å². The van der Waals surface area contributed by atoms with Gasteiger partial charge in [-0.2, -0.15) is 0 Å². The van der Waals surface area contributed by atoms with Crippen molar-refractivity contribution in [3.05, 3.63) is 35.4 Å². The molecule has 0 heterocycles. The van der Waals surface area contributed by atoms with Crippen LogP contribution in [0.2, 0.25) is 0 Å². The molecule has 1 aromatic carbocycles. The lowest BCUT2D eigenvalue weighted by Crippen LogP contribution is -2.37. The summed E-state index contributed by atoms with van der Waals surface area (Å²) in [6.45, 7) is 9.01. The average Bonchev–Trinajstić information content (AvgIpc) is 2.79. The molecule has 2 heteroatoms. The number of rotatable bonds is 5. The van der Waals surface area contributed by atoms with Gasteiger partial charge in [0.2, 0.25) is 0 Å². The smallest absolute Gasteiger partial charge is 0.0721 e. The number of fused-ring (bicyclic) bond motifs is 2. The molecule has 0 radical (unpaired) electrons. The summed E-state index contributed by atoms with van der Waals surface area (Å²) in [5.74, 6) is 0.850. The first-order chi connectivity index (χ1) is 9.97. The number of benzene rings is 1. The van der Waals surface area contributed by atoms with Gasteiger partial charge in [-0.3, -0.25) is 0 Å². The predicted molar refractivity (Wildman–Crippen MR) is 87.0 cm³/mol. The molecular weight excluding hydrogens is 258 g/mol. The Labute approximate surface area is 129 Å². The van der Waals surface area contributed by atoms with Gasteiger partial charge in [0.1, 0.15) is 0 Å². The summed E-state index contributed by atoms with van der Waals surface area (Å²) in [5.41, 5.74) is 3.43. The van der Waals surface area contributed by atoms with Crippen LogP contribution in [0.15, 0.2) is 24.3 Å². The number of ether oxygens (including phenoxy) is 1. The fourth-order valence-electron chi connectivity index (χ4n) is 4.61. The molecule has 3 unspecified atom stereocenters. The predicted octanol–water partition coefficient (Wildman–Crippen LogP) is 4.14. The Morgan fingerprint density at radius 2 is 2.00 bits per heavy atom. The Bertz CT molecular complexity index is 510. The highest BCUT2D eigenvalue weighted by molar-refractivity contribution is 5.23. The molecule has 0 saturated heterocycles. The zero-order valence-electron chi connectivity index (χ0n) is 13.9. The molecule has 116 valence electrons. The molecule has 1 aromatic rings. The molecule has 0 amide bonds. The number of hydrogen-bond acceptors (Lipinski definition) is 2. The van der Waals surface area contributed by atoms with Crippen LogP contribution in [0.5, 0.6) is 0 Å². The van der Waals surface area contributed by atoms with Crippen LogP contribution in [0.4, 0.5) is 0 Å². The van der Waals surface area contributed by atoms with E-state index in [1.54, 1.807) is 0 Å². The van der Waals surface area contributed by atoms with E-state index in [0.29, 0.717) is 16.9 Å². The molecular formula is C19H29NO. The zero-order chi connectivity index (χ0) is 15.1. The van der Waals surface area contributed by atoms with Crippen molar-refractivity contribution in [2.45, 2.75) is 59.3 Å². The van der Waals surface area contributed by atoms with Crippen LogP contribution in [0.3, 0.4) is 0 Å². The van der Waals surface area contributed by atoms with E-state index < -0.39 is 0 Å². The Kier molecular flexibility index (Phi) is 3.87. The summed E-state index contributed by atoms with van der Waals surface area (Å²) >= 11 is 0. The lowest BCUT2D eigenvalue weighted by atomic mass is 9.70. The van der Waals surface area contributed by atoms with Crippen molar-refractivity contribution < 1.29 is 4.74 Å². The summed E-state index contributed by atoms with van der Waals surface area (Å²) < 4.78 is 6.37. The van der Waals surface area contributed by atoms with Crippen molar-refractivity contribution in [3.63, 3.8) is 0 Å². The summed E-state index contributed by atoms with van der Waals surface area (Å²) in [6, 6.07) is 8.75. The first kappa shape index (κ1) is 15.1. The summed E-state index contributed by atoms with van der Waals surface area (Å²) in [6.07, 6.45) is 4.40. The maximum absolute atomic E-state index is 6.37. The standard InChI is InChI=1S/C19H29NO/c1-18(2)16-8-9-19(18,3)17(11-16)21-13-15-7-5-6-14(10-15)12-20-4/h5-7,10,16-17,20H,8-9,11-13H2,1-4H3. The summed E-state index contributed by atoms with van der Waals surface area (Å²) in [4.78, 5) is 0. The average molecular weight is 287 g/mol. The molecule has 2 bridgehead atoms. The molecule has 2 saturated carbocycles. The van der Waals surface area contributed by atoms with Gasteiger partial charge in [0, 0.05) is 6.54 Å². The molecule has 21 heavy (non-hydrogen) atoms. The van der Waals surface area contributed by atoms with E-state index in [2.05, 4.69) is 50.4 Å². The largest absolute Gasteiger partial charge is 0.373 e. The highest BCUT2D eigenvalue weighted by Gasteiger charge is 2.61. The van der Waals surface area contributed by atoms with Crippen LogP contribution < -0.4 is 5.32 Å². The monoisotopic (exact) mass is 287 g/mol. The van der Waals surface area contributed by atoms with E-state index in [1.165, 1.54) is 30.4 Å². The van der Waals surface area contributed by atoms with Gasteiger partial charge in [0.15, 0.2) is 0 Å². The van der Waals surface area contributed by atoms with Crippen molar-refractivity contribution in [3.8, 4) is 0 Å². The molecule has 2 fully saturated rings. The Morgan fingerprint density at radius 3 is 2.62 bits per heavy atom. The molecule has 2 aliphatic rings. The minimum Gasteiger partial charge on any atom is -0.373 e. The van der Waals surface area contributed by atoms with Crippen LogP contribution in [-0.2, 0) is 17.9 Å². The summed E-state index contributed by atoms with van der Waals surface area (Å²) in [5, 5.41) is 3.21. The van der Waals surface area contributed by atoms with Gasteiger partial charge < -0.3 is 10.1 Å². The van der Waals surface area contributed by atoms with Gasteiger partial charge in [-0.05, 0) is 54.2 Å². The Morgan fingerprint density at radius 1 is 1.24 bits per heavy atom. The van der Waals surface area contributed by atoms with Gasteiger partial charge in [0.25, 0.3) is 0 Å².